The number of rotatable bonds is 6. The standard InChI is InChI=1S/C13H19NO4S/c1-3-14-10(15)6-9(12(14)17)19-8-13(4-5-13)7-11(16)18-2/h9H,3-8H2,1-2H3. The first-order chi connectivity index (χ1) is 9.01. The van der Waals surface area contributed by atoms with Gasteiger partial charge in [-0.15, -0.1) is 11.8 Å². The van der Waals surface area contributed by atoms with E-state index in [9.17, 15) is 14.4 Å². The van der Waals surface area contributed by atoms with Gasteiger partial charge in [-0.05, 0) is 25.2 Å². The molecule has 1 saturated heterocycles. The number of carbonyl (C=O) groups is 3. The van der Waals surface area contributed by atoms with Gasteiger partial charge in [-0.1, -0.05) is 0 Å². The van der Waals surface area contributed by atoms with Crippen molar-refractivity contribution < 1.29 is 19.1 Å². The number of ether oxygens (including phenoxy) is 1. The van der Waals surface area contributed by atoms with Gasteiger partial charge in [0, 0.05) is 18.7 Å². The summed E-state index contributed by atoms with van der Waals surface area (Å²) < 4.78 is 4.69. The molecule has 6 heteroatoms. The van der Waals surface area contributed by atoms with E-state index in [2.05, 4.69) is 0 Å². The number of amides is 2. The van der Waals surface area contributed by atoms with E-state index in [4.69, 9.17) is 4.74 Å². The number of carbonyl (C=O) groups excluding carboxylic acids is 3. The molecule has 1 saturated carbocycles. The quantitative estimate of drug-likeness (QED) is 0.542. The van der Waals surface area contributed by atoms with Crippen molar-refractivity contribution in [2.45, 2.75) is 37.9 Å². The van der Waals surface area contributed by atoms with Gasteiger partial charge in [-0.3, -0.25) is 19.3 Å². The number of hydrogen-bond acceptors (Lipinski definition) is 5. The van der Waals surface area contributed by atoms with Crippen molar-refractivity contribution in [1.82, 2.24) is 4.90 Å². The second-order valence-electron chi connectivity index (χ2n) is 5.23. The van der Waals surface area contributed by atoms with Gasteiger partial charge >= 0.3 is 5.97 Å². The van der Waals surface area contributed by atoms with E-state index >= 15 is 0 Å². The third kappa shape index (κ3) is 3.11. The van der Waals surface area contributed by atoms with E-state index in [0.717, 1.165) is 18.6 Å². The maximum atomic E-state index is 12.0. The van der Waals surface area contributed by atoms with Crippen LogP contribution in [0.2, 0.25) is 0 Å². The van der Waals surface area contributed by atoms with Crippen molar-refractivity contribution in [1.29, 1.82) is 0 Å². The number of methoxy groups -OCH3 is 1. The second kappa shape index (κ2) is 5.53. The molecule has 0 aromatic heterocycles. The summed E-state index contributed by atoms with van der Waals surface area (Å²) in [6, 6.07) is 0. The van der Waals surface area contributed by atoms with Crippen LogP contribution in [0.3, 0.4) is 0 Å². The minimum Gasteiger partial charge on any atom is -0.469 e. The highest BCUT2D eigenvalue weighted by molar-refractivity contribution is 8.00. The Morgan fingerprint density at radius 1 is 1.47 bits per heavy atom. The average molecular weight is 285 g/mol. The molecule has 1 unspecified atom stereocenters. The van der Waals surface area contributed by atoms with Gasteiger partial charge in [0.25, 0.3) is 0 Å². The predicted molar refractivity (Wildman–Crippen MR) is 71.6 cm³/mol. The van der Waals surface area contributed by atoms with Crippen LogP contribution in [-0.2, 0) is 19.1 Å². The molecule has 2 amide bonds. The molecule has 0 N–H and O–H groups in total. The SMILES string of the molecule is CCN1C(=O)CC(SCC2(CC(=O)OC)CC2)C1=O. The molecule has 1 heterocycles. The summed E-state index contributed by atoms with van der Waals surface area (Å²) in [5, 5.41) is -0.262. The highest BCUT2D eigenvalue weighted by atomic mass is 32.2. The first-order valence-electron chi connectivity index (χ1n) is 6.54. The van der Waals surface area contributed by atoms with E-state index in [1.54, 1.807) is 0 Å². The number of hydrogen-bond donors (Lipinski definition) is 0. The molecule has 1 atom stereocenters. The molecule has 0 aromatic rings. The molecule has 1 aliphatic carbocycles. The van der Waals surface area contributed by atoms with Gasteiger partial charge in [-0.25, -0.2) is 0 Å². The summed E-state index contributed by atoms with van der Waals surface area (Å²) >= 11 is 1.52. The van der Waals surface area contributed by atoms with E-state index in [1.807, 2.05) is 6.92 Å². The molecule has 19 heavy (non-hydrogen) atoms. The number of likely N-dealkylation sites (tertiary alicyclic amines) is 1. The van der Waals surface area contributed by atoms with Crippen molar-refractivity contribution in [3.8, 4) is 0 Å². The normalized spacial score (nSPS) is 24.7. The number of nitrogens with zero attached hydrogens (tertiary/aromatic N) is 1. The molecular weight excluding hydrogens is 266 g/mol. The van der Waals surface area contributed by atoms with Crippen LogP contribution in [0.15, 0.2) is 0 Å². The molecule has 1 aliphatic heterocycles. The molecule has 0 radical (unpaired) electrons. The van der Waals surface area contributed by atoms with Crippen LogP contribution in [0.4, 0.5) is 0 Å². The zero-order chi connectivity index (χ0) is 14.0. The molecule has 0 bridgehead atoms. The van der Waals surface area contributed by atoms with Crippen LogP contribution >= 0.6 is 11.8 Å². The minimum atomic E-state index is -0.262. The third-order valence-electron chi connectivity index (χ3n) is 3.81. The molecule has 2 rings (SSSR count). The highest BCUT2D eigenvalue weighted by Gasteiger charge is 2.47. The van der Waals surface area contributed by atoms with Crippen molar-refractivity contribution >= 4 is 29.5 Å². The molecule has 0 aromatic carbocycles. The number of esters is 1. The van der Waals surface area contributed by atoms with Crippen molar-refractivity contribution in [3.63, 3.8) is 0 Å². The van der Waals surface area contributed by atoms with E-state index in [0.29, 0.717) is 19.4 Å². The van der Waals surface area contributed by atoms with Crippen LogP contribution in [0.1, 0.15) is 32.6 Å². The maximum Gasteiger partial charge on any atom is 0.306 e. The lowest BCUT2D eigenvalue weighted by Gasteiger charge is -2.16. The lowest BCUT2D eigenvalue weighted by Crippen LogP contribution is -2.31. The Balaban J connectivity index is 1.85. The Labute approximate surface area is 117 Å². The summed E-state index contributed by atoms with van der Waals surface area (Å²) in [7, 11) is 1.39. The second-order valence-corrected chi connectivity index (χ2v) is 6.42. The summed E-state index contributed by atoms with van der Waals surface area (Å²) in [6.07, 6.45) is 2.72. The zero-order valence-corrected chi connectivity index (χ0v) is 12.1. The lowest BCUT2D eigenvalue weighted by atomic mass is 10.1. The fourth-order valence-corrected chi connectivity index (χ4v) is 3.80. The van der Waals surface area contributed by atoms with Crippen molar-refractivity contribution in [2.24, 2.45) is 5.41 Å². The smallest absolute Gasteiger partial charge is 0.306 e. The van der Waals surface area contributed by atoms with Gasteiger partial charge in [-0.2, -0.15) is 0 Å². The maximum absolute atomic E-state index is 12.0. The van der Waals surface area contributed by atoms with E-state index in [-0.39, 0.29) is 28.4 Å². The number of thioether (sulfide) groups is 1. The van der Waals surface area contributed by atoms with Crippen LogP contribution in [-0.4, -0.2) is 47.3 Å². The van der Waals surface area contributed by atoms with Gasteiger partial charge < -0.3 is 4.74 Å². The Morgan fingerprint density at radius 3 is 2.63 bits per heavy atom. The van der Waals surface area contributed by atoms with Gasteiger partial charge in [0.05, 0.1) is 18.8 Å². The number of imide groups is 1. The van der Waals surface area contributed by atoms with Crippen LogP contribution < -0.4 is 0 Å². The van der Waals surface area contributed by atoms with Crippen molar-refractivity contribution in [3.05, 3.63) is 0 Å². The fraction of sp³-hybridized carbons (Fsp3) is 0.769. The minimum absolute atomic E-state index is 0.000717. The molecule has 5 nitrogen and oxygen atoms in total. The molecule has 0 spiro atoms. The van der Waals surface area contributed by atoms with Gasteiger partial charge in [0.15, 0.2) is 0 Å². The Morgan fingerprint density at radius 2 is 2.16 bits per heavy atom. The zero-order valence-electron chi connectivity index (χ0n) is 11.3. The van der Waals surface area contributed by atoms with Gasteiger partial charge in [0.2, 0.25) is 11.8 Å². The summed E-state index contributed by atoms with van der Waals surface area (Å²) in [6.45, 7) is 2.25. The van der Waals surface area contributed by atoms with E-state index < -0.39 is 0 Å². The Bertz CT molecular complexity index is 405. The Hall–Kier alpha value is -1.04. The topological polar surface area (TPSA) is 63.7 Å². The average Bonchev–Trinajstić information content (AvgIpc) is 3.08. The first-order valence-corrected chi connectivity index (χ1v) is 7.59. The predicted octanol–water partition coefficient (Wildman–Crippen LogP) is 1.21. The first kappa shape index (κ1) is 14.4. The third-order valence-corrected chi connectivity index (χ3v) is 5.36. The van der Waals surface area contributed by atoms with E-state index in [1.165, 1.54) is 23.8 Å². The molecule has 2 fully saturated rings. The monoisotopic (exact) mass is 285 g/mol. The Kier molecular flexibility index (Phi) is 4.18. The fourth-order valence-electron chi connectivity index (χ4n) is 2.32. The summed E-state index contributed by atoms with van der Waals surface area (Å²) in [4.78, 5) is 36.2. The van der Waals surface area contributed by atoms with Crippen LogP contribution in [0.25, 0.3) is 0 Å². The van der Waals surface area contributed by atoms with Crippen molar-refractivity contribution in [2.75, 3.05) is 19.4 Å². The largest absolute Gasteiger partial charge is 0.469 e. The molecule has 106 valence electrons. The van der Waals surface area contributed by atoms with Crippen LogP contribution in [0.5, 0.6) is 0 Å². The molecule has 2 aliphatic rings. The lowest BCUT2D eigenvalue weighted by molar-refractivity contribution is -0.142. The van der Waals surface area contributed by atoms with Crippen LogP contribution in [0, 0.1) is 5.41 Å². The summed E-state index contributed by atoms with van der Waals surface area (Å²) in [5.74, 6) is 0.403. The summed E-state index contributed by atoms with van der Waals surface area (Å²) in [5.41, 5.74) is 0.000717. The highest BCUT2D eigenvalue weighted by Crippen LogP contribution is 2.52. The molecular formula is C13H19NO4S. The van der Waals surface area contributed by atoms with Gasteiger partial charge in [0.1, 0.15) is 0 Å².